The van der Waals surface area contributed by atoms with Crippen LogP contribution in [0.25, 0.3) is 0 Å². The van der Waals surface area contributed by atoms with Crippen molar-refractivity contribution in [1.29, 1.82) is 0 Å². The summed E-state index contributed by atoms with van der Waals surface area (Å²) >= 11 is 0. The molecule has 0 aliphatic heterocycles. The minimum Gasteiger partial charge on any atom is -0.490 e. The summed E-state index contributed by atoms with van der Waals surface area (Å²) < 4.78 is 6.17. The van der Waals surface area contributed by atoms with Crippen LogP contribution in [0.5, 0.6) is 5.75 Å². The van der Waals surface area contributed by atoms with Gasteiger partial charge in [0, 0.05) is 5.69 Å². The highest BCUT2D eigenvalue weighted by Crippen LogP contribution is 2.27. The summed E-state index contributed by atoms with van der Waals surface area (Å²) in [5.41, 5.74) is 7.77. The van der Waals surface area contributed by atoms with Gasteiger partial charge in [-0.2, -0.15) is 0 Å². The fourth-order valence-corrected chi connectivity index (χ4v) is 2.57. The summed E-state index contributed by atoms with van der Waals surface area (Å²) in [5.74, 6) is 0.982. The van der Waals surface area contributed by atoms with Crippen molar-refractivity contribution in [3.8, 4) is 5.75 Å². The predicted molar refractivity (Wildman–Crippen MR) is 76.9 cm³/mol. The standard InChI is InChI=1S/C16H23NO/c1-2-7-13-12-14(17)10-11-16(13)18-15-8-5-3-4-6-9-15/h2,10-12,15H,1,3-9,17H2. The fourth-order valence-electron chi connectivity index (χ4n) is 2.57. The van der Waals surface area contributed by atoms with E-state index in [9.17, 15) is 0 Å². The van der Waals surface area contributed by atoms with Gasteiger partial charge in [0.25, 0.3) is 0 Å². The molecule has 1 aromatic carbocycles. The number of ether oxygens (including phenoxy) is 1. The largest absolute Gasteiger partial charge is 0.490 e. The highest BCUT2D eigenvalue weighted by molar-refractivity contribution is 5.48. The van der Waals surface area contributed by atoms with Crippen molar-refractivity contribution in [3.63, 3.8) is 0 Å². The molecule has 0 bridgehead atoms. The van der Waals surface area contributed by atoms with Crippen LogP contribution < -0.4 is 10.5 Å². The third kappa shape index (κ3) is 3.52. The highest BCUT2D eigenvalue weighted by atomic mass is 16.5. The van der Waals surface area contributed by atoms with Gasteiger partial charge in [-0.3, -0.25) is 0 Å². The maximum absolute atomic E-state index is 6.17. The normalized spacial score (nSPS) is 17.1. The number of nitrogens with two attached hydrogens (primary N) is 1. The Hall–Kier alpha value is -1.44. The van der Waals surface area contributed by atoms with Gasteiger partial charge in [-0.05, 0) is 55.9 Å². The van der Waals surface area contributed by atoms with Gasteiger partial charge in [0.2, 0.25) is 0 Å². The molecular formula is C16H23NO. The number of anilines is 1. The molecular weight excluding hydrogens is 222 g/mol. The number of hydrogen-bond donors (Lipinski definition) is 1. The molecule has 18 heavy (non-hydrogen) atoms. The molecule has 2 rings (SSSR count). The van der Waals surface area contributed by atoms with E-state index in [0.29, 0.717) is 6.10 Å². The van der Waals surface area contributed by atoms with E-state index in [-0.39, 0.29) is 0 Å². The van der Waals surface area contributed by atoms with E-state index in [1.807, 2.05) is 24.3 Å². The molecule has 1 aliphatic rings. The molecule has 2 heteroatoms. The summed E-state index contributed by atoms with van der Waals surface area (Å²) in [4.78, 5) is 0. The Labute approximate surface area is 110 Å². The Morgan fingerprint density at radius 1 is 1.22 bits per heavy atom. The lowest BCUT2D eigenvalue weighted by molar-refractivity contribution is 0.182. The van der Waals surface area contributed by atoms with E-state index in [2.05, 4.69) is 6.58 Å². The lowest BCUT2D eigenvalue weighted by atomic mass is 10.1. The SMILES string of the molecule is C=CCc1cc(N)ccc1OC1CCCCCC1. The van der Waals surface area contributed by atoms with Crippen molar-refractivity contribution in [1.82, 2.24) is 0 Å². The Balaban J connectivity index is 2.08. The highest BCUT2D eigenvalue weighted by Gasteiger charge is 2.15. The van der Waals surface area contributed by atoms with Crippen molar-refractivity contribution in [3.05, 3.63) is 36.4 Å². The zero-order valence-corrected chi connectivity index (χ0v) is 11.0. The van der Waals surface area contributed by atoms with Crippen LogP contribution >= 0.6 is 0 Å². The number of nitrogen functional groups attached to an aromatic ring is 1. The number of allylic oxidation sites excluding steroid dienone is 1. The van der Waals surface area contributed by atoms with E-state index < -0.39 is 0 Å². The van der Waals surface area contributed by atoms with Crippen molar-refractivity contribution >= 4 is 5.69 Å². The lowest BCUT2D eigenvalue weighted by Gasteiger charge is -2.19. The van der Waals surface area contributed by atoms with Gasteiger partial charge in [-0.15, -0.1) is 6.58 Å². The zero-order valence-electron chi connectivity index (χ0n) is 11.0. The van der Waals surface area contributed by atoms with Crippen LogP contribution in [-0.2, 0) is 6.42 Å². The summed E-state index contributed by atoms with van der Waals surface area (Å²) in [6, 6.07) is 5.91. The van der Waals surface area contributed by atoms with Crippen LogP contribution in [0.4, 0.5) is 5.69 Å². The van der Waals surface area contributed by atoms with Crippen LogP contribution in [0.1, 0.15) is 44.1 Å². The first kappa shape index (κ1) is 13.0. The van der Waals surface area contributed by atoms with Gasteiger partial charge < -0.3 is 10.5 Å². The molecule has 1 fully saturated rings. The summed E-state index contributed by atoms with van der Waals surface area (Å²) in [5, 5.41) is 0. The van der Waals surface area contributed by atoms with Crippen LogP contribution in [0.2, 0.25) is 0 Å². The molecule has 1 saturated carbocycles. The summed E-state index contributed by atoms with van der Waals surface area (Å²) in [7, 11) is 0. The van der Waals surface area contributed by atoms with Crippen LogP contribution in [0.15, 0.2) is 30.9 Å². The average Bonchev–Trinajstić information content (AvgIpc) is 2.61. The first-order chi connectivity index (χ1) is 8.79. The minimum atomic E-state index is 0.375. The van der Waals surface area contributed by atoms with Crippen molar-refractivity contribution in [2.45, 2.75) is 51.0 Å². The third-order valence-corrected chi connectivity index (χ3v) is 3.54. The van der Waals surface area contributed by atoms with Crippen molar-refractivity contribution in [2.75, 3.05) is 5.73 Å². The van der Waals surface area contributed by atoms with Crippen molar-refractivity contribution in [2.24, 2.45) is 0 Å². The molecule has 1 aliphatic carbocycles. The molecule has 0 radical (unpaired) electrons. The maximum Gasteiger partial charge on any atom is 0.123 e. The van der Waals surface area contributed by atoms with Gasteiger partial charge in [-0.1, -0.05) is 18.9 Å². The molecule has 0 atom stereocenters. The molecule has 0 spiro atoms. The zero-order chi connectivity index (χ0) is 12.8. The lowest BCUT2D eigenvalue weighted by Crippen LogP contribution is -2.16. The van der Waals surface area contributed by atoms with Gasteiger partial charge in [-0.25, -0.2) is 0 Å². The monoisotopic (exact) mass is 245 g/mol. The molecule has 0 unspecified atom stereocenters. The Morgan fingerprint density at radius 3 is 2.61 bits per heavy atom. The maximum atomic E-state index is 6.17. The topological polar surface area (TPSA) is 35.2 Å². The van der Waals surface area contributed by atoms with Gasteiger partial charge in [0.15, 0.2) is 0 Å². The van der Waals surface area contributed by atoms with E-state index in [4.69, 9.17) is 10.5 Å². The predicted octanol–water partition coefficient (Wildman–Crippen LogP) is 4.10. The van der Waals surface area contributed by atoms with Gasteiger partial charge in [0.1, 0.15) is 5.75 Å². The van der Waals surface area contributed by atoms with Gasteiger partial charge in [0.05, 0.1) is 6.10 Å². The third-order valence-electron chi connectivity index (χ3n) is 3.54. The summed E-state index contributed by atoms with van der Waals surface area (Å²) in [6.07, 6.45) is 10.7. The number of hydrogen-bond acceptors (Lipinski definition) is 2. The van der Waals surface area contributed by atoms with E-state index >= 15 is 0 Å². The minimum absolute atomic E-state index is 0.375. The summed E-state index contributed by atoms with van der Waals surface area (Å²) in [6.45, 7) is 3.79. The molecule has 98 valence electrons. The average molecular weight is 245 g/mol. The van der Waals surface area contributed by atoms with Crippen molar-refractivity contribution < 1.29 is 4.74 Å². The first-order valence-corrected chi connectivity index (χ1v) is 6.95. The molecule has 1 aromatic rings. The molecule has 2 nitrogen and oxygen atoms in total. The Kier molecular flexibility index (Phi) is 4.68. The van der Waals surface area contributed by atoms with Gasteiger partial charge >= 0.3 is 0 Å². The first-order valence-electron chi connectivity index (χ1n) is 6.95. The van der Waals surface area contributed by atoms with Crippen LogP contribution in [-0.4, -0.2) is 6.10 Å². The Bertz CT molecular complexity index is 392. The quantitative estimate of drug-likeness (QED) is 0.492. The second-order valence-corrected chi connectivity index (χ2v) is 5.09. The smallest absolute Gasteiger partial charge is 0.123 e. The molecule has 0 amide bonds. The van der Waals surface area contributed by atoms with Crippen LogP contribution in [0.3, 0.4) is 0 Å². The van der Waals surface area contributed by atoms with E-state index in [0.717, 1.165) is 23.4 Å². The number of benzene rings is 1. The molecule has 0 aromatic heterocycles. The second-order valence-electron chi connectivity index (χ2n) is 5.09. The van der Waals surface area contributed by atoms with Crippen LogP contribution in [0, 0.1) is 0 Å². The molecule has 2 N–H and O–H groups in total. The van der Waals surface area contributed by atoms with E-state index in [1.165, 1.54) is 38.5 Å². The van der Waals surface area contributed by atoms with E-state index in [1.54, 1.807) is 0 Å². The number of rotatable bonds is 4. The second kappa shape index (κ2) is 6.48. The molecule has 0 saturated heterocycles. The fraction of sp³-hybridized carbons (Fsp3) is 0.500. The molecule has 0 heterocycles. The Morgan fingerprint density at radius 2 is 1.94 bits per heavy atom.